The Kier molecular flexibility index (Phi) is 6.27. The van der Waals surface area contributed by atoms with Gasteiger partial charge in [-0.1, -0.05) is 0 Å². The monoisotopic (exact) mass is 478 g/mol. The van der Waals surface area contributed by atoms with Crippen LogP contribution >= 0.6 is 31.9 Å². The Morgan fingerprint density at radius 2 is 1.48 bits per heavy atom. The highest BCUT2D eigenvalue weighted by atomic mass is 79.9. The third-order valence-corrected chi connectivity index (χ3v) is 5.09. The van der Waals surface area contributed by atoms with Crippen LogP contribution in [0.15, 0.2) is 9.21 Å². The van der Waals surface area contributed by atoms with Crippen molar-refractivity contribution in [2.24, 2.45) is 0 Å². The first kappa shape index (κ1) is 19.5. The number of nitro groups is 2. The largest absolute Gasteiger partial charge is 0.324 e. The second kappa shape index (κ2) is 8.04. The summed E-state index contributed by atoms with van der Waals surface area (Å²) in [5, 5.41) is 30.2. The van der Waals surface area contributed by atoms with E-state index in [4.69, 9.17) is 0 Å². The number of hydrogen-bond donors (Lipinski definition) is 0. The molecule has 2 aromatic rings. The lowest BCUT2D eigenvalue weighted by Crippen LogP contribution is -2.05. The van der Waals surface area contributed by atoms with Gasteiger partial charge in [0.05, 0.1) is 9.85 Å². The maximum Gasteiger partial charge on any atom is 0.324 e. The number of halogens is 2. The summed E-state index contributed by atoms with van der Waals surface area (Å²) in [6.07, 6.45) is 2.40. The van der Waals surface area contributed by atoms with Gasteiger partial charge in [0.1, 0.15) is 11.4 Å². The Labute approximate surface area is 159 Å². The van der Waals surface area contributed by atoms with Crippen LogP contribution in [0, 0.1) is 34.1 Å². The van der Waals surface area contributed by atoms with Crippen LogP contribution in [-0.2, 0) is 13.1 Å². The number of hydrogen-bond acceptors (Lipinski definition) is 6. The Hall–Kier alpha value is -1.82. The highest BCUT2D eigenvalue weighted by Crippen LogP contribution is 2.29. The predicted octanol–water partition coefficient (Wildman–Crippen LogP) is 3.91. The fourth-order valence-corrected chi connectivity index (χ4v) is 3.84. The lowest BCUT2D eigenvalue weighted by molar-refractivity contribution is -0.386. The summed E-state index contributed by atoms with van der Waals surface area (Å²) >= 11 is 6.32. The molecule has 0 spiro atoms. The topological polar surface area (TPSA) is 122 Å². The molecule has 0 aromatic carbocycles. The van der Waals surface area contributed by atoms with Gasteiger partial charge in [0.15, 0.2) is 4.60 Å². The van der Waals surface area contributed by atoms with Crippen molar-refractivity contribution in [1.29, 1.82) is 0 Å². The quantitative estimate of drug-likeness (QED) is 0.321. The summed E-state index contributed by atoms with van der Waals surface area (Å²) in [6, 6.07) is 0. The average Bonchev–Trinajstić information content (AvgIpc) is 2.94. The zero-order chi connectivity index (χ0) is 18.7. The highest BCUT2D eigenvalue weighted by molar-refractivity contribution is 9.10. The maximum atomic E-state index is 11.0. The van der Waals surface area contributed by atoms with E-state index < -0.39 is 9.85 Å². The summed E-state index contributed by atoms with van der Waals surface area (Å²) in [4.78, 5) is 21.0. The number of unbranched alkanes of at least 4 members (excludes halogenated alkanes) is 2. The van der Waals surface area contributed by atoms with Gasteiger partial charge < -0.3 is 0 Å². The molecule has 10 nitrogen and oxygen atoms in total. The van der Waals surface area contributed by atoms with Crippen molar-refractivity contribution >= 4 is 43.2 Å². The van der Waals surface area contributed by atoms with Crippen molar-refractivity contribution in [3.63, 3.8) is 0 Å². The van der Waals surface area contributed by atoms with Crippen molar-refractivity contribution < 1.29 is 9.85 Å². The Morgan fingerprint density at radius 1 is 0.920 bits per heavy atom. The first-order valence-corrected chi connectivity index (χ1v) is 9.07. The van der Waals surface area contributed by atoms with Crippen molar-refractivity contribution in [1.82, 2.24) is 19.6 Å². The number of aromatic nitrogens is 4. The molecular weight excluding hydrogens is 464 g/mol. The SMILES string of the molecule is Cc1nn(CCCCCn2nc(Br)c([N+](=O)[O-])c2C)c(Br)c1[N+](=O)[O-]. The van der Waals surface area contributed by atoms with E-state index in [0.29, 0.717) is 29.1 Å². The second-order valence-electron chi connectivity index (χ2n) is 5.47. The van der Waals surface area contributed by atoms with E-state index in [-0.39, 0.29) is 16.0 Å². The van der Waals surface area contributed by atoms with Crippen LogP contribution in [0.5, 0.6) is 0 Å². The van der Waals surface area contributed by atoms with Gasteiger partial charge in [-0.25, -0.2) is 0 Å². The standard InChI is InChI=1S/C13H16Br2N6O4/c1-8-10(20(22)23)13(15)19(16-8)7-5-3-4-6-18-9(2)11(21(24)25)12(14)17-18/h3-7H2,1-2H3. The molecule has 2 aromatic heterocycles. The summed E-state index contributed by atoms with van der Waals surface area (Å²) in [7, 11) is 0. The minimum absolute atomic E-state index is 0.00988. The number of rotatable bonds is 8. The Morgan fingerprint density at radius 3 is 1.96 bits per heavy atom. The molecule has 25 heavy (non-hydrogen) atoms. The Balaban J connectivity index is 1.87. The second-order valence-corrected chi connectivity index (χ2v) is 6.97. The van der Waals surface area contributed by atoms with Crippen molar-refractivity contribution in [3.05, 3.63) is 40.8 Å². The molecule has 0 atom stereocenters. The molecule has 0 amide bonds. The van der Waals surface area contributed by atoms with Crippen LogP contribution in [0.25, 0.3) is 0 Å². The van der Waals surface area contributed by atoms with Crippen LogP contribution in [-0.4, -0.2) is 29.4 Å². The van der Waals surface area contributed by atoms with Crippen molar-refractivity contribution in [2.45, 2.75) is 46.2 Å². The molecule has 2 rings (SSSR count). The fraction of sp³-hybridized carbons (Fsp3) is 0.538. The summed E-state index contributed by atoms with van der Waals surface area (Å²) < 4.78 is 3.80. The third-order valence-electron chi connectivity index (χ3n) is 3.77. The van der Waals surface area contributed by atoms with Crippen LogP contribution < -0.4 is 0 Å². The maximum absolute atomic E-state index is 11.0. The molecule has 0 saturated carbocycles. The van der Waals surface area contributed by atoms with Gasteiger partial charge in [0.25, 0.3) is 0 Å². The van der Waals surface area contributed by atoms with E-state index >= 15 is 0 Å². The van der Waals surface area contributed by atoms with E-state index in [1.54, 1.807) is 23.2 Å². The lowest BCUT2D eigenvalue weighted by Gasteiger charge is -2.05. The van der Waals surface area contributed by atoms with Gasteiger partial charge in [-0.15, -0.1) is 0 Å². The number of nitrogens with zero attached hydrogens (tertiary/aromatic N) is 6. The zero-order valence-electron chi connectivity index (χ0n) is 13.6. The molecule has 0 radical (unpaired) electrons. The van der Waals surface area contributed by atoms with Gasteiger partial charge in [0, 0.05) is 13.1 Å². The van der Waals surface area contributed by atoms with Crippen molar-refractivity contribution in [2.75, 3.05) is 0 Å². The Bertz CT molecular complexity index is 750. The molecule has 136 valence electrons. The van der Waals surface area contributed by atoms with Gasteiger partial charge in [-0.05, 0) is 65.0 Å². The molecule has 0 aliphatic carbocycles. The van der Waals surface area contributed by atoms with Gasteiger partial charge in [-0.3, -0.25) is 29.6 Å². The lowest BCUT2D eigenvalue weighted by atomic mass is 10.2. The molecule has 0 bridgehead atoms. The highest BCUT2D eigenvalue weighted by Gasteiger charge is 2.24. The van der Waals surface area contributed by atoms with Gasteiger partial charge in [0.2, 0.25) is 4.60 Å². The molecule has 12 heteroatoms. The van der Waals surface area contributed by atoms with E-state index in [1.807, 2.05) is 0 Å². The summed E-state index contributed by atoms with van der Waals surface area (Å²) in [6.45, 7) is 4.39. The first-order chi connectivity index (χ1) is 11.7. The minimum atomic E-state index is -0.451. The molecule has 0 aliphatic heterocycles. The van der Waals surface area contributed by atoms with Crippen molar-refractivity contribution in [3.8, 4) is 0 Å². The molecular formula is C13H16Br2N6O4. The molecule has 0 fully saturated rings. The number of aryl methyl sites for hydroxylation is 3. The summed E-state index contributed by atoms with van der Waals surface area (Å²) in [5.41, 5.74) is 0.867. The van der Waals surface area contributed by atoms with Crippen LogP contribution in [0.2, 0.25) is 0 Å². The van der Waals surface area contributed by atoms with Gasteiger partial charge >= 0.3 is 11.4 Å². The molecule has 0 aliphatic rings. The van der Waals surface area contributed by atoms with Crippen LogP contribution in [0.3, 0.4) is 0 Å². The third kappa shape index (κ3) is 4.24. The first-order valence-electron chi connectivity index (χ1n) is 7.48. The minimum Gasteiger partial charge on any atom is -0.262 e. The average molecular weight is 480 g/mol. The van der Waals surface area contributed by atoms with E-state index in [9.17, 15) is 20.2 Å². The zero-order valence-corrected chi connectivity index (χ0v) is 16.8. The smallest absolute Gasteiger partial charge is 0.262 e. The van der Waals surface area contributed by atoms with Gasteiger partial charge in [-0.2, -0.15) is 10.2 Å². The van der Waals surface area contributed by atoms with Crippen LogP contribution in [0.1, 0.15) is 30.7 Å². The van der Waals surface area contributed by atoms with Crippen LogP contribution in [0.4, 0.5) is 11.4 Å². The molecule has 2 heterocycles. The van der Waals surface area contributed by atoms with E-state index in [0.717, 1.165) is 19.3 Å². The molecule has 0 N–H and O–H groups in total. The molecule has 0 saturated heterocycles. The van der Waals surface area contributed by atoms with E-state index in [1.165, 1.54) is 0 Å². The normalized spacial score (nSPS) is 11.0. The van der Waals surface area contributed by atoms with E-state index in [2.05, 4.69) is 42.1 Å². The fourth-order valence-electron chi connectivity index (χ4n) is 2.52. The predicted molar refractivity (Wildman–Crippen MR) is 96.5 cm³/mol. The molecule has 0 unspecified atom stereocenters. The summed E-state index contributed by atoms with van der Waals surface area (Å²) in [5.74, 6) is 0.